The molecule has 0 amide bonds. The molecular formula is C9H9ClN2. The third-order valence-corrected chi connectivity index (χ3v) is 1.44. The summed E-state index contributed by atoms with van der Waals surface area (Å²) in [4.78, 5) is 4.01. The Kier molecular flexibility index (Phi) is 3.59. The Morgan fingerprint density at radius 1 is 1.58 bits per heavy atom. The van der Waals surface area contributed by atoms with Crippen LogP contribution in [0.5, 0.6) is 0 Å². The summed E-state index contributed by atoms with van der Waals surface area (Å²) >= 11 is 5.73. The van der Waals surface area contributed by atoms with Crippen molar-refractivity contribution in [1.29, 1.82) is 0 Å². The molecule has 0 aliphatic heterocycles. The van der Waals surface area contributed by atoms with E-state index in [0.717, 1.165) is 0 Å². The highest BCUT2D eigenvalue weighted by molar-refractivity contribution is 6.30. The van der Waals surface area contributed by atoms with Crippen molar-refractivity contribution in [2.45, 2.75) is 6.42 Å². The molecule has 0 atom stereocenters. The topological polar surface area (TPSA) is 38.9 Å². The van der Waals surface area contributed by atoms with E-state index in [1.54, 1.807) is 18.3 Å². The first-order valence-corrected chi connectivity index (χ1v) is 4.01. The maximum Gasteiger partial charge on any atom is 0.114 e. The van der Waals surface area contributed by atoms with Crippen molar-refractivity contribution < 1.29 is 0 Å². The zero-order valence-electron chi connectivity index (χ0n) is 6.55. The second-order valence-electron chi connectivity index (χ2n) is 2.20. The van der Waals surface area contributed by atoms with Crippen molar-refractivity contribution in [2.24, 2.45) is 5.73 Å². The predicted octanol–water partition coefficient (Wildman–Crippen LogP) is 1.44. The van der Waals surface area contributed by atoms with E-state index >= 15 is 0 Å². The molecule has 2 N–H and O–H groups in total. The van der Waals surface area contributed by atoms with Gasteiger partial charge in [0.25, 0.3) is 0 Å². The lowest BCUT2D eigenvalue weighted by Crippen LogP contribution is -1.95. The molecule has 0 fully saturated rings. The van der Waals surface area contributed by atoms with E-state index < -0.39 is 0 Å². The quantitative estimate of drug-likeness (QED) is 0.665. The first-order chi connectivity index (χ1) is 5.83. The van der Waals surface area contributed by atoms with Crippen molar-refractivity contribution in [1.82, 2.24) is 4.98 Å². The summed E-state index contributed by atoms with van der Waals surface area (Å²) in [7, 11) is 0. The smallest absolute Gasteiger partial charge is 0.114 e. The molecule has 62 valence electrons. The zero-order chi connectivity index (χ0) is 8.81. The van der Waals surface area contributed by atoms with Crippen LogP contribution in [0.4, 0.5) is 0 Å². The summed E-state index contributed by atoms with van der Waals surface area (Å²) in [5.41, 5.74) is 5.96. The van der Waals surface area contributed by atoms with Gasteiger partial charge < -0.3 is 5.73 Å². The SMILES string of the molecule is NCCC#Cc1cc(Cl)ccn1. The minimum Gasteiger partial charge on any atom is -0.330 e. The first kappa shape index (κ1) is 9.05. The summed E-state index contributed by atoms with van der Waals surface area (Å²) in [5, 5.41) is 0.655. The number of halogens is 1. The Balaban J connectivity index is 2.71. The molecular weight excluding hydrogens is 172 g/mol. The molecule has 1 rings (SSSR count). The maximum absolute atomic E-state index is 5.73. The maximum atomic E-state index is 5.73. The summed E-state index contributed by atoms with van der Waals surface area (Å²) in [6.45, 7) is 0.577. The minimum absolute atomic E-state index is 0.577. The van der Waals surface area contributed by atoms with Crippen LogP contribution in [0.2, 0.25) is 5.02 Å². The van der Waals surface area contributed by atoms with E-state index in [1.165, 1.54) is 0 Å². The van der Waals surface area contributed by atoms with Gasteiger partial charge in [-0.1, -0.05) is 17.5 Å². The second kappa shape index (κ2) is 4.76. The fourth-order valence-electron chi connectivity index (χ4n) is 0.698. The molecule has 0 unspecified atom stereocenters. The summed E-state index contributed by atoms with van der Waals surface area (Å²) < 4.78 is 0. The number of hydrogen-bond donors (Lipinski definition) is 1. The van der Waals surface area contributed by atoms with Crippen LogP contribution in [0, 0.1) is 11.8 Å². The standard InChI is InChI=1S/C9H9ClN2/c10-8-4-6-12-9(7-8)3-1-2-5-11/h4,6-7H,2,5,11H2. The molecule has 0 aliphatic carbocycles. The van der Waals surface area contributed by atoms with Gasteiger partial charge in [-0.25, -0.2) is 4.98 Å². The van der Waals surface area contributed by atoms with Gasteiger partial charge in [-0.3, -0.25) is 0 Å². The van der Waals surface area contributed by atoms with E-state index in [2.05, 4.69) is 16.8 Å². The molecule has 0 aromatic carbocycles. The van der Waals surface area contributed by atoms with Gasteiger partial charge in [-0.15, -0.1) is 0 Å². The van der Waals surface area contributed by atoms with Gasteiger partial charge in [0, 0.05) is 24.2 Å². The molecule has 2 nitrogen and oxygen atoms in total. The number of pyridine rings is 1. The Morgan fingerprint density at radius 3 is 3.08 bits per heavy atom. The third-order valence-electron chi connectivity index (χ3n) is 1.21. The predicted molar refractivity (Wildman–Crippen MR) is 49.8 cm³/mol. The van der Waals surface area contributed by atoms with Gasteiger partial charge in [0.15, 0.2) is 0 Å². The van der Waals surface area contributed by atoms with Crippen LogP contribution in [0.25, 0.3) is 0 Å². The fourth-order valence-corrected chi connectivity index (χ4v) is 0.858. The molecule has 3 heteroatoms. The van der Waals surface area contributed by atoms with Crippen LogP contribution in [0.1, 0.15) is 12.1 Å². The molecule has 0 saturated heterocycles. The molecule has 0 bridgehead atoms. The highest BCUT2D eigenvalue weighted by Gasteiger charge is 1.88. The second-order valence-corrected chi connectivity index (χ2v) is 2.64. The van der Waals surface area contributed by atoms with E-state index in [9.17, 15) is 0 Å². The van der Waals surface area contributed by atoms with Gasteiger partial charge in [-0.05, 0) is 18.1 Å². The fraction of sp³-hybridized carbons (Fsp3) is 0.222. The highest BCUT2D eigenvalue weighted by Crippen LogP contribution is 2.06. The number of aromatic nitrogens is 1. The van der Waals surface area contributed by atoms with Gasteiger partial charge in [0.2, 0.25) is 0 Å². The van der Waals surface area contributed by atoms with Crippen molar-refractivity contribution in [3.63, 3.8) is 0 Å². The first-order valence-electron chi connectivity index (χ1n) is 3.63. The summed E-state index contributed by atoms with van der Waals surface area (Å²) in [6.07, 6.45) is 2.32. The molecule has 12 heavy (non-hydrogen) atoms. The van der Waals surface area contributed by atoms with E-state index in [4.69, 9.17) is 17.3 Å². The van der Waals surface area contributed by atoms with Gasteiger partial charge in [0.05, 0.1) is 0 Å². The van der Waals surface area contributed by atoms with Crippen LogP contribution >= 0.6 is 11.6 Å². The van der Waals surface area contributed by atoms with Crippen molar-refractivity contribution in [3.05, 3.63) is 29.0 Å². The molecule has 1 aromatic heterocycles. The zero-order valence-corrected chi connectivity index (χ0v) is 7.30. The average molecular weight is 181 g/mol. The van der Waals surface area contributed by atoms with E-state index in [1.807, 2.05) is 0 Å². The molecule has 0 saturated carbocycles. The lowest BCUT2D eigenvalue weighted by atomic mass is 10.3. The van der Waals surface area contributed by atoms with Crippen LogP contribution in [0.15, 0.2) is 18.3 Å². The van der Waals surface area contributed by atoms with Gasteiger partial charge >= 0.3 is 0 Å². The minimum atomic E-state index is 0.577. The normalized spacial score (nSPS) is 8.83. The average Bonchev–Trinajstić information content (AvgIpc) is 2.05. The van der Waals surface area contributed by atoms with Gasteiger partial charge in [0.1, 0.15) is 5.69 Å². The number of nitrogens with two attached hydrogens (primary N) is 1. The Hall–Kier alpha value is -1.04. The van der Waals surface area contributed by atoms with E-state index in [-0.39, 0.29) is 0 Å². The van der Waals surface area contributed by atoms with Gasteiger partial charge in [-0.2, -0.15) is 0 Å². The highest BCUT2D eigenvalue weighted by atomic mass is 35.5. The van der Waals surface area contributed by atoms with Crippen molar-refractivity contribution >= 4 is 11.6 Å². The summed E-state index contributed by atoms with van der Waals surface area (Å²) in [5.74, 6) is 5.74. The molecule has 0 spiro atoms. The molecule has 1 heterocycles. The van der Waals surface area contributed by atoms with Crippen molar-refractivity contribution in [3.8, 4) is 11.8 Å². The van der Waals surface area contributed by atoms with Crippen molar-refractivity contribution in [2.75, 3.05) is 6.54 Å². The number of rotatable bonds is 1. The lowest BCUT2D eigenvalue weighted by molar-refractivity contribution is 1.03. The van der Waals surface area contributed by atoms with Crippen LogP contribution < -0.4 is 5.73 Å². The number of nitrogens with zero attached hydrogens (tertiary/aromatic N) is 1. The third kappa shape index (κ3) is 2.91. The van der Waals surface area contributed by atoms with Crippen LogP contribution in [0.3, 0.4) is 0 Å². The molecule has 1 aromatic rings. The van der Waals surface area contributed by atoms with E-state index in [0.29, 0.717) is 23.7 Å². The lowest BCUT2D eigenvalue weighted by Gasteiger charge is -1.89. The van der Waals surface area contributed by atoms with Crippen LogP contribution in [-0.4, -0.2) is 11.5 Å². The monoisotopic (exact) mass is 180 g/mol. The van der Waals surface area contributed by atoms with Crippen LogP contribution in [-0.2, 0) is 0 Å². The summed E-state index contributed by atoms with van der Waals surface area (Å²) in [6, 6.07) is 3.45. The number of hydrogen-bond acceptors (Lipinski definition) is 2. The molecule has 0 radical (unpaired) electrons. The Morgan fingerprint density at radius 2 is 2.42 bits per heavy atom. The Labute approximate surface area is 76.8 Å². The molecule has 0 aliphatic rings. The Bertz CT molecular complexity index is 312. The largest absolute Gasteiger partial charge is 0.330 e.